The second-order valence-electron chi connectivity index (χ2n) is 2.36. The van der Waals surface area contributed by atoms with Crippen LogP contribution in [-0.4, -0.2) is 14.7 Å². The molecule has 3 nitrogen and oxygen atoms in total. The van der Waals surface area contributed by atoms with Gasteiger partial charge in [0.1, 0.15) is 0 Å². The molecule has 0 radical (unpaired) electrons. The topological polar surface area (TPSA) is 43.4 Å². The fraction of sp³-hybridized carbons (Fsp3) is 0.143. The van der Waals surface area contributed by atoms with E-state index in [4.69, 9.17) is 11.6 Å². The monoisotopic (exact) mass is 224 g/mol. The summed E-state index contributed by atoms with van der Waals surface area (Å²) >= 11 is 5.44. The lowest BCUT2D eigenvalue weighted by molar-refractivity contribution is 0.467. The van der Waals surface area contributed by atoms with E-state index < -0.39 is 15.9 Å². The van der Waals surface area contributed by atoms with Gasteiger partial charge in [0.2, 0.25) is 0 Å². The Kier molecular flexibility index (Phi) is 2.77. The summed E-state index contributed by atoms with van der Waals surface area (Å²) in [5.41, 5.74) is 0. The molecule has 13 heavy (non-hydrogen) atoms. The number of hydrogen-bond acceptors (Lipinski definition) is 3. The van der Waals surface area contributed by atoms with Crippen molar-refractivity contribution >= 4 is 21.7 Å². The van der Waals surface area contributed by atoms with Crippen LogP contribution in [0.25, 0.3) is 0 Å². The predicted octanol–water partition coefficient (Wildman–Crippen LogP) is 1.82. The molecule has 0 saturated carbocycles. The van der Waals surface area contributed by atoms with Gasteiger partial charge in [0.05, 0.1) is 6.26 Å². The second-order valence-corrected chi connectivity index (χ2v) is 4.37. The van der Waals surface area contributed by atoms with Gasteiger partial charge < -0.3 is 4.18 Å². The largest absolute Gasteiger partial charge is 0.379 e. The van der Waals surface area contributed by atoms with E-state index >= 15 is 0 Å². The van der Waals surface area contributed by atoms with Crippen molar-refractivity contribution in [1.82, 2.24) is 0 Å². The van der Waals surface area contributed by atoms with Crippen LogP contribution in [0.15, 0.2) is 18.2 Å². The lowest BCUT2D eigenvalue weighted by atomic mass is 10.3. The van der Waals surface area contributed by atoms with Crippen LogP contribution in [0.3, 0.4) is 0 Å². The molecule has 0 N–H and O–H groups in total. The molecule has 0 amide bonds. The van der Waals surface area contributed by atoms with Gasteiger partial charge in [-0.1, -0.05) is 11.6 Å². The molecule has 0 aliphatic carbocycles. The summed E-state index contributed by atoms with van der Waals surface area (Å²) in [6.45, 7) is 0. The van der Waals surface area contributed by atoms with Crippen LogP contribution in [-0.2, 0) is 10.1 Å². The van der Waals surface area contributed by atoms with Crippen LogP contribution in [0.1, 0.15) is 0 Å². The summed E-state index contributed by atoms with van der Waals surface area (Å²) in [6, 6.07) is 3.46. The van der Waals surface area contributed by atoms with E-state index in [2.05, 4.69) is 4.18 Å². The van der Waals surface area contributed by atoms with Crippen molar-refractivity contribution in [1.29, 1.82) is 0 Å². The lowest BCUT2D eigenvalue weighted by Crippen LogP contribution is -2.06. The van der Waals surface area contributed by atoms with Gasteiger partial charge in [-0.05, 0) is 18.2 Å². The van der Waals surface area contributed by atoms with Gasteiger partial charge in [-0.15, -0.1) is 0 Å². The first-order valence-electron chi connectivity index (χ1n) is 3.23. The third-order valence-corrected chi connectivity index (χ3v) is 1.85. The zero-order chi connectivity index (χ0) is 10.1. The molecule has 72 valence electrons. The van der Waals surface area contributed by atoms with Crippen molar-refractivity contribution in [3.8, 4) is 5.75 Å². The molecule has 0 bridgehead atoms. The summed E-state index contributed by atoms with van der Waals surface area (Å²) in [6.07, 6.45) is 0.834. The molecule has 0 aromatic heterocycles. The lowest BCUT2D eigenvalue weighted by Gasteiger charge is -2.03. The molecule has 0 heterocycles. The summed E-state index contributed by atoms with van der Waals surface area (Å²) in [5.74, 6) is -1.16. The van der Waals surface area contributed by atoms with Gasteiger partial charge in [-0.2, -0.15) is 8.42 Å². The molecular weight excluding hydrogens is 219 g/mol. The van der Waals surface area contributed by atoms with Gasteiger partial charge in [0.25, 0.3) is 0 Å². The first-order valence-corrected chi connectivity index (χ1v) is 5.42. The SMILES string of the molecule is CS(=O)(=O)Oc1ccc(Cl)cc1F. The van der Waals surface area contributed by atoms with E-state index in [9.17, 15) is 12.8 Å². The Bertz CT molecular complexity index is 416. The highest BCUT2D eigenvalue weighted by atomic mass is 35.5. The van der Waals surface area contributed by atoms with Gasteiger partial charge in [0, 0.05) is 5.02 Å². The van der Waals surface area contributed by atoms with Crippen molar-refractivity contribution in [3.05, 3.63) is 29.0 Å². The summed E-state index contributed by atoms with van der Waals surface area (Å²) in [5, 5.41) is 0.179. The maximum Gasteiger partial charge on any atom is 0.306 e. The highest BCUT2D eigenvalue weighted by Crippen LogP contribution is 2.21. The molecule has 0 unspecified atom stereocenters. The smallest absolute Gasteiger partial charge is 0.306 e. The van der Waals surface area contributed by atoms with E-state index in [0.717, 1.165) is 18.4 Å². The molecule has 0 atom stereocenters. The van der Waals surface area contributed by atoms with Crippen LogP contribution in [0.5, 0.6) is 5.75 Å². The minimum atomic E-state index is -3.70. The minimum absolute atomic E-state index is 0.179. The maximum absolute atomic E-state index is 12.9. The van der Waals surface area contributed by atoms with Crippen molar-refractivity contribution in [3.63, 3.8) is 0 Å². The quantitative estimate of drug-likeness (QED) is 0.720. The van der Waals surface area contributed by atoms with Crippen LogP contribution in [0.4, 0.5) is 4.39 Å². The highest BCUT2D eigenvalue weighted by Gasteiger charge is 2.09. The summed E-state index contributed by atoms with van der Waals surface area (Å²) < 4.78 is 38.5. The molecule has 0 spiro atoms. The Hall–Kier alpha value is -0.810. The second kappa shape index (κ2) is 3.51. The first kappa shape index (κ1) is 10.3. The fourth-order valence-corrected chi connectivity index (χ4v) is 1.33. The van der Waals surface area contributed by atoms with E-state index in [1.54, 1.807) is 0 Å². The number of hydrogen-bond donors (Lipinski definition) is 0. The normalized spacial score (nSPS) is 11.3. The predicted molar refractivity (Wildman–Crippen MR) is 46.9 cm³/mol. The molecule has 0 fully saturated rings. The van der Waals surface area contributed by atoms with Crippen LogP contribution in [0, 0.1) is 5.82 Å². The van der Waals surface area contributed by atoms with Crippen LogP contribution < -0.4 is 4.18 Å². The maximum atomic E-state index is 12.9. The average molecular weight is 225 g/mol. The summed E-state index contributed by atoms with van der Waals surface area (Å²) in [4.78, 5) is 0. The first-order chi connectivity index (χ1) is 5.88. The molecule has 0 saturated heterocycles. The van der Waals surface area contributed by atoms with E-state index in [1.807, 2.05) is 0 Å². The van der Waals surface area contributed by atoms with Crippen LogP contribution >= 0.6 is 11.6 Å². The minimum Gasteiger partial charge on any atom is -0.379 e. The van der Waals surface area contributed by atoms with Crippen molar-refractivity contribution in [2.45, 2.75) is 0 Å². The molecule has 0 aliphatic heterocycles. The highest BCUT2D eigenvalue weighted by molar-refractivity contribution is 7.86. The van der Waals surface area contributed by atoms with E-state index in [0.29, 0.717) is 0 Å². The standard InChI is InChI=1S/C7H6ClFO3S/c1-13(10,11)12-7-3-2-5(8)4-6(7)9/h2-4H,1H3. The van der Waals surface area contributed by atoms with Crippen molar-refractivity contribution in [2.24, 2.45) is 0 Å². The molecule has 0 aliphatic rings. The average Bonchev–Trinajstić information content (AvgIpc) is 1.93. The van der Waals surface area contributed by atoms with Crippen molar-refractivity contribution in [2.75, 3.05) is 6.26 Å². The third kappa shape index (κ3) is 3.20. The Labute approximate surface area is 80.2 Å². The van der Waals surface area contributed by atoms with Gasteiger partial charge >= 0.3 is 10.1 Å². The Morgan fingerprint density at radius 1 is 1.46 bits per heavy atom. The number of benzene rings is 1. The van der Waals surface area contributed by atoms with E-state index in [1.165, 1.54) is 6.07 Å². The zero-order valence-corrected chi connectivity index (χ0v) is 8.19. The van der Waals surface area contributed by atoms with Gasteiger partial charge in [0.15, 0.2) is 11.6 Å². The van der Waals surface area contributed by atoms with Gasteiger partial charge in [-0.25, -0.2) is 4.39 Å². The van der Waals surface area contributed by atoms with E-state index in [-0.39, 0.29) is 10.8 Å². The molecule has 1 aromatic carbocycles. The fourth-order valence-electron chi connectivity index (χ4n) is 0.706. The zero-order valence-electron chi connectivity index (χ0n) is 6.62. The Morgan fingerprint density at radius 3 is 2.54 bits per heavy atom. The third-order valence-electron chi connectivity index (χ3n) is 1.14. The molecule has 1 aromatic rings. The number of rotatable bonds is 2. The number of halogens is 2. The summed E-state index contributed by atoms with van der Waals surface area (Å²) in [7, 11) is -3.70. The molecule has 1 rings (SSSR count). The molecule has 6 heteroatoms. The van der Waals surface area contributed by atoms with Gasteiger partial charge in [-0.3, -0.25) is 0 Å². The van der Waals surface area contributed by atoms with Crippen LogP contribution in [0.2, 0.25) is 5.02 Å². The Balaban J connectivity index is 3.04. The molecular formula is C7H6ClFO3S. The Morgan fingerprint density at radius 2 is 2.08 bits per heavy atom. The van der Waals surface area contributed by atoms with Crippen molar-refractivity contribution < 1.29 is 17.0 Å².